The second kappa shape index (κ2) is 4.66. The summed E-state index contributed by atoms with van der Waals surface area (Å²) in [5.41, 5.74) is 6.97. The third kappa shape index (κ3) is 1.91. The largest absolute Gasteiger partial charge is 0.103 e. The third-order valence-corrected chi connectivity index (χ3v) is 3.50. The summed E-state index contributed by atoms with van der Waals surface area (Å²) in [7, 11) is 0. The number of benzene rings is 2. The Morgan fingerprint density at radius 3 is 2.61 bits per heavy atom. The van der Waals surface area contributed by atoms with Crippen molar-refractivity contribution in [3.8, 4) is 0 Å². The number of allylic oxidation sites excluding steroid dienone is 2. The average Bonchev–Trinajstić information content (AvgIpc) is 2.85. The second-order valence-corrected chi connectivity index (χ2v) is 4.70. The summed E-state index contributed by atoms with van der Waals surface area (Å²) < 4.78 is 0. The molecule has 0 nitrogen and oxygen atoms in total. The van der Waals surface area contributed by atoms with E-state index in [4.69, 9.17) is 0 Å². The van der Waals surface area contributed by atoms with Crippen molar-refractivity contribution in [2.45, 2.75) is 12.8 Å². The lowest BCUT2D eigenvalue weighted by Crippen LogP contribution is -1.89. The molecule has 3 rings (SSSR count). The fourth-order valence-corrected chi connectivity index (χ4v) is 2.61. The van der Waals surface area contributed by atoms with E-state index >= 15 is 0 Å². The van der Waals surface area contributed by atoms with Crippen molar-refractivity contribution in [3.63, 3.8) is 0 Å². The van der Waals surface area contributed by atoms with E-state index in [2.05, 4.69) is 61.2 Å². The summed E-state index contributed by atoms with van der Waals surface area (Å²) in [5.74, 6) is 0. The molecule has 0 unspecified atom stereocenters. The minimum absolute atomic E-state index is 0.946. The first-order chi connectivity index (χ1) is 8.88. The molecule has 0 radical (unpaired) electrons. The summed E-state index contributed by atoms with van der Waals surface area (Å²) in [6.45, 7) is 3.84. The lowest BCUT2D eigenvalue weighted by molar-refractivity contribution is 1.22. The van der Waals surface area contributed by atoms with Crippen molar-refractivity contribution < 1.29 is 0 Å². The lowest BCUT2D eigenvalue weighted by atomic mass is 10.0. The fraction of sp³-hybridized carbons (Fsp3) is 0.111. The first-order valence-corrected chi connectivity index (χ1v) is 6.36. The molecular formula is C18H16. The summed E-state index contributed by atoms with van der Waals surface area (Å²) in [5, 5.41) is 0. The Bertz CT molecular complexity index is 603. The Morgan fingerprint density at radius 2 is 1.83 bits per heavy atom. The van der Waals surface area contributed by atoms with E-state index in [1.807, 2.05) is 6.08 Å². The van der Waals surface area contributed by atoms with Crippen molar-refractivity contribution in [1.82, 2.24) is 0 Å². The van der Waals surface area contributed by atoms with Crippen LogP contribution in [0.15, 0.2) is 61.2 Å². The van der Waals surface area contributed by atoms with Crippen LogP contribution in [0, 0.1) is 0 Å². The van der Waals surface area contributed by atoms with Crippen LogP contribution in [-0.2, 0) is 12.8 Å². The fourth-order valence-electron chi connectivity index (χ4n) is 2.61. The number of hydrogen-bond donors (Lipinski definition) is 0. The molecule has 2 aromatic rings. The second-order valence-electron chi connectivity index (χ2n) is 4.70. The molecule has 0 aliphatic heterocycles. The highest BCUT2D eigenvalue weighted by atomic mass is 14.2. The Kier molecular flexibility index (Phi) is 2.85. The van der Waals surface area contributed by atoms with Crippen molar-refractivity contribution in [2.75, 3.05) is 0 Å². The standard InChI is InChI=1S/C18H16/c1-2-7-15-10-6-11-16-12-17(13-18(15)16)14-8-4-3-5-9-14/h2-6,8-11,13H,1,7,12H2. The number of fused-ring (bicyclic) bond motifs is 1. The Morgan fingerprint density at radius 1 is 1.00 bits per heavy atom. The van der Waals surface area contributed by atoms with E-state index in [1.165, 1.54) is 27.8 Å². The molecule has 0 amide bonds. The van der Waals surface area contributed by atoms with Crippen LogP contribution >= 0.6 is 0 Å². The zero-order valence-electron chi connectivity index (χ0n) is 10.4. The minimum Gasteiger partial charge on any atom is -0.103 e. The molecule has 18 heavy (non-hydrogen) atoms. The highest BCUT2D eigenvalue weighted by molar-refractivity contribution is 5.89. The molecule has 0 fully saturated rings. The summed E-state index contributed by atoms with van der Waals surface area (Å²) in [6.07, 6.45) is 6.31. The van der Waals surface area contributed by atoms with Crippen LogP contribution in [0.5, 0.6) is 0 Å². The van der Waals surface area contributed by atoms with E-state index in [0.29, 0.717) is 0 Å². The van der Waals surface area contributed by atoms with E-state index in [1.54, 1.807) is 0 Å². The molecule has 0 saturated carbocycles. The van der Waals surface area contributed by atoms with Crippen molar-refractivity contribution in [1.29, 1.82) is 0 Å². The minimum atomic E-state index is 0.946. The van der Waals surface area contributed by atoms with Gasteiger partial charge in [0, 0.05) is 0 Å². The Labute approximate surface area is 108 Å². The van der Waals surface area contributed by atoms with Gasteiger partial charge >= 0.3 is 0 Å². The quantitative estimate of drug-likeness (QED) is 0.683. The monoisotopic (exact) mass is 232 g/mol. The first kappa shape index (κ1) is 11.0. The summed E-state index contributed by atoms with van der Waals surface area (Å²) in [6, 6.07) is 17.2. The van der Waals surface area contributed by atoms with Gasteiger partial charge in [-0.1, -0.05) is 60.7 Å². The van der Waals surface area contributed by atoms with Crippen LogP contribution in [0.4, 0.5) is 0 Å². The molecule has 0 heteroatoms. The topological polar surface area (TPSA) is 0 Å². The number of rotatable bonds is 3. The van der Waals surface area contributed by atoms with Gasteiger partial charge in [0.15, 0.2) is 0 Å². The van der Waals surface area contributed by atoms with Gasteiger partial charge in [-0.15, -0.1) is 6.58 Å². The molecular weight excluding hydrogens is 216 g/mol. The summed E-state index contributed by atoms with van der Waals surface area (Å²) >= 11 is 0. The van der Waals surface area contributed by atoms with Crippen LogP contribution in [0.2, 0.25) is 0 Å². The molecule has 1 aliphatic carbocycles. The highest BCUT2D eigenvalue weighted by Gasteiger charge is 2.15. The molecule has 0 spiro atoms. The van der Waals surface area contributed by atoms with Crippen LogP contribution in [-0.4, -0.2) is 0 Å². The SMILES string of the molecule is C=CCc1cccc2c1C=C(c1ccccc1)C2. The maximum absolute atomic E-state index is 3.84. The molecule has 1 aliphatic rings. The smallest absolute Gasteiger partial charge is 0.00136 e. The maximum atomic E-state index is 3.84. The molecule has 2 aromatic carbocycles. The van der Waals surface area contributed by atoms with Crippen LogP contribution < -0.4 is 0 Å². The Balaban J connectivity index is 2.02. The van der Waals surface area contributed by atoms with Gasteiger partial charge in [-0.3, -0.25) is 0 Å². The predicted molar refractivity (Wildman–Crippen MR) is 78.4 cm³/mol. The van der Waals surface area contributed by atoms with Gasteiger partial charge in [0.25, 0.3) is 0 Å². The molecule has 0 N–H and O–H groups in total. The molecule has 0 atom stereocenters. The zero-order chi connectivity index (χ0) is 12.4. The average molecular weight is 232 g/mol. The van der Waals surface area contributed by atoms with Gasteiger partial charge in [0.1, 0.15) is 0 Å². The van der Waals surface area contributed by atoms with Crippen LogP contribution in [0.3, 0.4) is 0 Å². The van der Waals surface area contributed by atoms with Gasteiger partial charge < -0.3 is 0 Å². The van der Waals surface area contributed by atoms with E-state index < -0.39 is 0 Å². The summed E-state index contributed by atoms with van der Waals surface area (Å²) in [4.78, 5) is 0. The maximum Gasteiger partial charge on any atom is -0.00136 e. The van der Waals surface area contributed by atoms with Crippen molar-refractivity contribution >= 4 is 11.6 Å². The molecule has 0 heterocycles. The molecule has 88 valence electrons. The van der Waals surface area contributed by atoms with Gasteiger partial charge in [0.05, 0.1) is 0 Å². The Hall–Kier alpha value is -2.08. The van der Waals surface area contributed by atoms with Gasteiger partial charge in [0.2, 0.25) is 0 Å². The van der Waals surface area contributed by atoms with Crippen molar-refractivity contribution in [3.05, 3.63) is 83.4 Å². The van der Waals surface area contributed by atoms with Crippen molar-refractivity contribution in [2.24, 2.45) is 0 Å². The number of hydrogen-bond acceptors (Lipinski definition) is 0. The molecule has 0 aromatic heterocycles. The highest BCUT2D eigenvalue weighted by Crippen LogP contribution is 2.33. The van der Waals surface area contributed by atoms with E-state index in [9.17, 15) is 0 Å². The third-order valence-electron chi connectivity index (χ3n) is 3.50. The van der Waals surface area contributed by atoms with E-state index in [0.717, 1.165) is 12.8 Å². The van der Waals surface area contributed by atoms with Gasteiger partial charge in [-0.2, -0.15) is 0 Å². The molecule has 0 saturated heterocycles. The van der Waals surface area contributed by atoms with Crippen LogP contribution in [0.1, 0.15) is 22.3 Å². The first-order valence-electron chi connectivity index (χ1n) is 6.36. The molecule has 0 bridgehead atoms. The lowest BCUT2D eigenvalue weighted by Gasteiger charge is -2.04. The zero-order valence-corrected chi connectivity index (χ0v) is 10.4. The predicted octanol–water partition coefficient (Wildman–Crippen LogP) is 4.51. The van der Waals surface area contributed by atoms with Gasteiger partial charge in [-0.05, 0) is 40.7 Å². The van der Waals surface area contributed by atoms with Gasteiger partial charge in [-0.25, -0.2) is 0 Å². The normalized spacial score (nSPS) is 13.0. The van der Waals surface area contributed by atoms with Crippen LogP contribution in [0.25, 0.3) is 11.6 Å². The van der Waals surface area contributed by atoms with E-state index in [-0.39, 0.29) is 0 Å².